The van der Waals surface area contributed by atoms with Gasteiger partial charge in [0.2, 0.25) is 0 Å². The van der Waals surface area contributed by atoms with E-state index in [1.165, 1.54) is 31.5 Å². The fourth-order valence-corrected chi connectivity index (χ4v) is 3.83. The molecule has 2 aliphatic heterocycles. The second kappa shape index (κ2) is 6.31. The van der Waals surface area contributed by atoms with Crippen LogP contribution in [0.25, 0.3) is 0 Å². The Morgan fingerprint density at radius 1 is 1.58 bits per heavy atom. The van der Waals surface area contributed by atoms with Crippen LogP contribution in [0.3, 0.4) is 0 Å². The van der Waals surface area contributed by atoms with Crippen LogP contribution in [-0.4, -0.2) is 42.7 Å². The quantitative estimate of drug-likeness (QED) is 0.919. The van der Waals surface area contributed by atoms with Crippen molar-refractivity contribution in [3.63, 3.8) is 0 Å². The first-order chi connectivity index (χ1) is 9.36. The molecular weight excluding hydrogens is 258 g/mol. The molecule has 2 saturated heterocycles. The van der Waals surface area contributed by atoms with Gasteiger partial charge in [0.1, 0.15) is 11.1 Å². The fraction of sp³-hybridized carbons (Fsp3) is 0.786. The van der Waals surface area contributed by atoms with E-state index in [0.29, 0.717) is 6.04 Å². The van der Waals surface area contributed by atoms with Gasteiger partial charge in [0.25, 0.3) is 0 Å². The number of hydrogen-bond donors (Lipinski definition) is 1. The molecule has 2 unspecified atom stereocenters. The van der Waals surface area contributed by atoms with Crippen molar-refractivity contribution in [2.24, 2.45) is 0 Å². The molecule has 2 atom stereocenters. The van der Waals surface area contributed by atoms with Crippen molar-refractivity contribution in [1.82, 2.24) is 15.2 Å². The molecule has 4 nitrogen and oxygen atoms in total. The van der Waals surface area contributed by atoms with Gasteiger partial charge in [-0.25, -0.2) is 4.98 Å². The van der Waals surface area contributed by atoms with E-state index >= 15 is 0 Å². The smallest absolute Gasteiger partial charge is 0.123 e. The highest BCUT2D eigenvalue weighted by Crippen LogP contribution is 2.29. The molecule has 3 rings (SSSR count). The first-order valence-corrected chi connectivity index (χ1v) is 8.27. The summed E-state index contributed by atoms with van der Waals surface area (Å²) in [7, 11) is 0. The van der Waals surface area contributed by atoms with E-state index in [1.54, 1.807) is 11.3 Å². The molecule has 0 radical (unpaired) electrons. The summed E-state index contributed by atoms with van der Waals surface area (Å²) in [6, 6.07) is 0.473. The molecule has 5 heteroatoms. The minimum absolute atomic E-state index is 0.181. The van der Waals surface area contributed by atoms with E-state index < -0.39 is 0 Å². The van der Waals surface area contributed by atoms with Crippen molar-refractivity contribution in [2.75, 3.05) is 32.8 Å². The van der Waals surface area contributed by atoms with Crippen LogP contribution >= 0.6 is 11.3 Å². The molecule has 0 amide bonds. The van der Waals surface area contributed by atoms with E-state index in [0.717, 1.165) is 31.2 Å². The largest absolute Gasteiger partial charge is 0.368 e. The van der Waals surface area contributed by atoms with Crippen molar-refractivity contribution in [3.8, 4) is 0 Å². The maximum absolute atomic E-state index is 5.90. The Hall–Kier alpha value is -0.490. The highest BCUT2D eigenvalue weighted by molar-refractivity contribution is 7.09. The maximum atomic E-state index is 5.90. The molecule has 2 fully saturated rings. The van der Waals surface area contributed by atoms with E-state index in [1.807, 2.05) is 0 Å². The zero-order chi connectivity index (χ0) is 13.1. The highest BCUT2D eigenvalue weighted by atomic mass is 32.1. The Morgan fingerprint density at radius 3 is 3.32 bits per heavy atom. The predicted octanol–water partition coefficient (Wildman–Crippen LogP) is 2.35. The van der Waals surface area contributed by atoms with Gasteiger partial charge in [-0.3, -0.25) is 4.90 Å². The molecule has 3 heterocycles. The zero-order valence-electron chi connectivity index (χ0n) is 11.6. The molecule has 0 spiro atoms. The van der Waals surface area contributed by atoms with Crippen molar-refractivity contribution in [1.29, 1.82) is 0 Å². The lowest BCUT2D eigenvalue weighted by molar-refractivity contribution is -0.0300. The minimum atomic E-state index is 0.181. The van der Waals surface area contributed by atoms with Crippen LogP contribution in [0.15, 0.2) is 5.38 Å². The summed E-state index contributed by atoms with van der Waals surface area (Å²) in [4.78, 5) is 7.30. The monoisotopic (exact) mass is 281 g/mol. The number of morpholine rings is 1. The summed E-state index contributed by atoms with van der Waals surface area (Å²) >= 11 is 1.76. The molecule has 1 aromatic rings. The van der Waals surface area contributed by atoms with Gasteiger partial charge in [-0.15, -0.1) is 11.3 Å². The summed E-state index contributed by atoms with van der Waals surface area (Å²) in [5.41, 5.74) is 1.22. The molecule has 19 heavy (non-hydrogen) atoms. The Balaban J connectivity index is 1.64. The van der Waals surface area contributed by atoms with Gasteiger partial charge in [0.05, 0.1) is 18.3 Å². The van der Waals surface area contributed by atoms with E-state index in [4.69, 9.17) is 9.72 Å². The van der Waals surface area contributed by atoms with Crippen LogP contribution in [0.1, 0.15) is 49.0 Å². The van der Waals surface area contributed by atoms with Crippen molar-refractivity contribution >= 4 is 11.3 Å². The van der Waals surface area contributed by atoms with E-state index in [9.17, 15) is 0 Å². The Labute approximate surface area is 119 Å². The minimum Gasteiger partial charge on any atom is -0.368 e. The lowest BCUT2D eigenvalue weighted by Crippen LogP contribution is -2.38. The summed E-state index contributed by atoms with van der Waals surface area (Å²) in [6.45, 7) is 7.43. The van der Waals surface area contributed by atoms with Gasteiger partial charge in [-0.2, -0.15) is 0 Å². The van der Waals surface area contributed by atoms with Crippen LogP contribution in [0, 0.1) is 0 Å². The number of hydrogen-bond acceptors (Lipinski definition) is 5. The van der Waals surface area contributed by atoms with Crippen LogP contribution in [0.5, 0.6) is 0 Å². The summed E-state index contributed by atoms with van der Waals surface area (Å²) in [5, 5.41) is 6.88. The Bertz CT molecular complexity index is 401. The van der Waals surface area contributed by atoms with Gasteiger partial charge in [-0.05, 0) is 32.4 Å². The number of aromatic nitrogens is 1. The molecule has 0 aromatic carbocycles. The second-order valence-electron chi connectivity index (χ2n) is 5.42. The molecule has 106 valence electrons. The molecule has 0 saturated carbocycles. The number of rotatable bonds is 4. The van der Waals surface area contributed by atoms with Crippen LogP contribution < -0.4 is 5.32 Å². The Kier molecular flexibility index (Phi) is 4.48. The lowest BCUT2D eigenvalue weighted by atomic mass is 10.2. The molecule has 0 aliphatic carbocycles. The molecule has 2 aliphatic rings. The van der Waals surface area contributed by atoms with Crippen molar-refractivity contribution in [2.45, 2.75) is 38.3 Å². The van der Waals surface area contributed by atoms with E-state index in [2.05, 4.69) is 22.5 Å². The third-order valence-electron chi connectivity index (χ3n) is 3.92. The number of nitrogens with zero attached hydrogens (tertiary/aromatic N) is 2. The van der Waals surface area contributed by atoms with Gasteiger partial charge in [0, 0.05) is 18.5 Å². The first-order valence-electron chi connectivity index (χ1n) is 7.39. The zero-order valence-corrected chi connectivity index (χ0v) is 12.4. The number of ether oxygens (including phenoxy) is 1. The number of thiazole rings is 1. The fourth-order valence-electron chi connectivity index (χ4n) is 2.92. The summed E-state index contributed by atoms with van der Waals surface area (Å²) in [5.74, 6) is 0. The summed E-state index contributed by atoms with van der Waals surface area (Å²) < 4.78 is 5.90. The van der Waals surface area contributed by atoms with Gasteiger partial charge in [-0.1, -0.05) is 6.92 Å². The maximum Gasteiger partial charge on any atom is 0.123 e. The van der Waals surface area contributed by atoms with E-state index in [-0.39, 0.29) is 6.10 Å². The molecule has 1 N–H and O–H groups in total. The molecule has 1 aromatic heterocycles. The van der Waals surface area contributed by atoms with Gasteiger partial charge < -0.3 is 10.1 Å². The van der Waals surface area contributed by atoms with Crippen molar-refractivity contribution < 1.29 is 4.74 Å². The van der Waals surface area contributed by atoms with Crippen LogP contribution in [0.2, 0.25) is 0 Å². The molecular formula is C14H23N3OS. The topological polar surface area (TPSA) is 37.4 Å². The summed E-state index contributed by atoms with van der Waals surface area (Å²) in [6.07, 6.45) is 3.88. The molecule has 0 bridgehead atoms. The van der Waals surface area contributed by atoms with Crippen LogP contribution in [-0.2, 0) is 4.74 Å². The third-order valence-corrected chi connectivity index (χ3v) is 4.88. The SMILES string of the molecule is CCCN1CCOC(c2nc(C3CCCN3)cs2)C1. The predicted molar refractivity (Wildman–Crippen MR) is 77.5 cm³/mol. The normalized spacial score (nSPS) is 28.9. The second-order valence-corrected chi connectivity index (χ2v) is 6.31. The van der Waals surface area contributed by atoms with Gasteiger partial charge in [0.15, 0.2) is 0 Å². The lowest BCUT2D eigenvalue weighted by Gasteiger charge is -2.31. The highest BCUT2D eigenvalue weighted by Gasteiger charge is 2.26. The van der Waals surface area contributed by atoms with Gasteiger partial charge >= 0.3 is 0 Å². The average molecular weight is 281 g/mol. The number of nitrogens with one attached hydrogen (secondary N) is 1. The van der Waals surface area contributed by atoms with Crippen LogP contribution in [0.4, 0.5) is 0 Å². The Morgan fingerprint density at radius 2 is 2.53 bits per heavy atom. The standard InChI is InChI=1S/C14H23N3OS/c1-2-6-17-7-8-18-13(9-17)14-16-12(10-19-14)11-4-3-5-15-11/h10-11,13,15H,2-9H2,1H3. The first kappa shape index (κ1) is 13.5. The third kappa shape index (κ3) is 3.16. The van der Waals surface area contributed by atoms with Crippen molar-refractivity contribution in [3.05, 3.63) is 16.1 Å². The average Bonchev–Trinajstić information content (AvgIpc) is 3.11.